The molecule has 0 saturated carbocycles. The number of halogens is 2. The van der Waals surface area contributed by atoms with Crippen molar-refractivity contribution in [3.05, 3.63) is 30.1 Å². The minimum absolute atomic E-state index is 0.0665. The van der Waals surface area contributed by atoms with Crippen molar-refractivity contribution in [3.8, 4) is 0 Å². The third-order valence-electron chi connectivity index (χ3n) is 3.21. The molecule has 1 aromatic rings. The summed E-state index contributed by atoms with van der Waals surface area (Å²) in [4.78, 5) is 11.0. The standard InChI is InChI=1S/C12H13ClFNO3S/c13-12(16)9-4-6-15(7-5-9)19(17,18)11-3-1-2-10(14)8-11/h1-3,8-9H,4-7H2. The van der Waals surface area contributed by atoms with E-state index in [1.54, 1.807) is 0 Å². The summed E-state index contributed by atoms with van der Waals surface area (Å²) in [5, 5.41) is -0.428. The van der Waals surface area contributed by atoms with Crippen LogP contribution in [0.25, 0.3) is 0 Å². The molecule has 0 aliphatic carbocycles. The number of carbonyl (C=O) groups is 1. The third-order valence-corrected chi connectivity index (χ3v) is 5.41. The molecule has 0 atom stereocenters. The molecule has 2 rings (SSSR count). The SMILES string of the molecule is O=C(Cl)C1CCN(S(=O)(=O)c2cccc(F)c2)CC1. The lowest BCUT2D eigenvalue weighted by molar-refractivity contribution is -0.116. The summed E-state index contributed by atoms with van der Waals surface area (Å²) < 4.78 is 38.9. The highest BCUT2D eigenvalue weighted by molar-refractivity contribution is 7.89. The molecule has 4 nitrogen and oxygen atoms in total. The Balaban J connectivity index is 2.16. The summed E-state index contributed by atoms with van der Waals surface area (Å²) in [5.74, 6) is -0.882. The van der Waals surface area contributed by atoms with E-state index in [4.69, 9.17) is 11.6 Å². The average molecular weight is 306 g/mol. The Morgan fingerprint density at radius 1 is 1.32 bits per heavy atom. The molecule has 0 N–H and O–H groups in total. The Morgan fingerprint density at radius 2 is 1.95 bits per heavy atom. The zero-order chi connectivity index (χ0) is 14.0. The minimum Gasteiger partial charge on any atom is -0.281 e. The third kappa shape index (κ3) is 3.13. The summed E-state index contributed by atoms with van der Waals surface area (Å²) >= 11 is 5.40. The van der Waals surface area contributed by atoms with Gasteiger partial charge in [-0.15, -0.1) is 0 Å². The predicted molar refractivity (Wildman–Crippen MR) is 68.7 cm³/mol. The Labute approximate surface area is 116 Å². The van der Waals surface area contributed by atoms with E-state index < -0.39 is 21.1 Å². The number of carbonyl (C=O) groups excluding carboxylic acids is 1. The highest BCUT2D eigenvalue weighted by Gasteiger charge is 2.31. The van der Waals surface area contributed by atoms with E-state index in [0.29, 0.717) is 12.8 Å². The lowest BCUT2D eigenvalue weighted by Gasteiger charge is -2.29. The van der Waals surface area contributed by atoms with Gasteiger partial charge in [-0.2, -0.15) is 4.31 Å². The van der Waals surface area contributed by atoms with Gasteiger partial charge in [-0.3, -0.25) is 4.79 Å². The van der Waals surface area contributed by atoms with Crippen LogP contribution >= 0.6 is 11.6 Å². The number of hydrogen-bond donors (Lipinski definition) is 0. The van der Waals surface area contributed by atoms with Crippen molar-refractivity contribution in [1.82, 2.24) is 4.31 Å². The van der Waals surface area contributed by atoms with Gasteiger partial charge in [-0.05, 0) is 42.6 Å². The van der Waals surface area contributed by atoms with Crippen molar-refractivity contribution in [2.45, 2.75) is 17.7 Å². The monoisotopic (exact) mass is 305 g/mol. The van der Waals surface area contributed by atoms with Crippen molar-refractivity contribution in [3.63, 3.8) is 0 Å². The van der Waals surface area contributed by atoms with Gasteiger partial charge in [-0.25, -0.2) is 12.8 Å². The van der Waals surface area contributed by atoms with E-state index in [-0.39, 0.29) is 23.9 Å². The van der Waals surface area contributed by atoms with E-state index in [2.05, 4.69) is 0 Å². The van der Waals surface area contributed by atoms with Crippen molar-refractivity contribution in [1.29, 1.82) is 0 Å². The zero-order valence-corrected chi connectivity index (χ0v) is 11.6. The molecule has 0 radical (unpaired) electrons. The first-order valence-electron chi connectivity index (χ1n) is 5.86. The van der Waals surface area contributed by atoms with Crippen LogP contribution in [0.2, 0.25) is 0 Å². The first-order chi connectivity index (χ1) is 8.91. The van der Waals surface area contributed by atoms with Gasteiger partial charge < -0.3 is 0 Å². The van der Waals surface area contributed by atoms with E-state index in [9.17, 15) is 17.6 Å². The molecule has 0 spiro atoms. The molecule has 1 heterocycles. The van der Waals surface area contributed by atoms with Crippen molar-refractivity contribution >= 4 is 26.9 Å². The molecular weight excluding hydrogens is 293 g/mol. The maximum atomic E-state index is 13.1. The molecule has 1 aliphatic heterocycles. The van der Waals surface area contributed by atoms with Gasteiger partial charge in [0, 0.05) is 19.0 Å². The fraction of sp³-hybridized carbons (Fsp3) is 0.417. The molecule has 0 aromatic heterocycles. The van der Waals surface area contributed by atoms with Gasteiger partial charge in [0.05, 0.1) is 4.90 Å². The molecular formula is C12H13ClFNO3S. The minimum atomic E-state index is -3.69. The maximum Gasteiger partial charge on any atom is 0.243 e. The zero-order valence-electron chi connectivity index (χ0n) is 10.1. The fourth-order valence-electron chi connectivity index (χ4n) is 2.10. The normalized spacial score (nSPS) is 18.4. The first-order valence-corrected chi connectivity index (χ1v) is 7.68. The van der Waals surface area contributed by atoms with Crippen LogP contribution in [-0.2, 0) is 14.8 Å². The second kappa shape index (κ2) is 5.56. The molecule has 1 aromatic carbocycles. The van der Waals surface area contributed by atoms with Crippen LogP contribution in [0.15, 0.2) is 29.2 Å². The summed E-state index contributed by atoms with van der Waals surface area (Å²) in [6.45, 7) is 0.448. The van der Waals surface area contributed by atoms with E-state index in [1.165, 1.54) is 22.5 Å². The molecule has 0 unspecified atom stereocenters. The van der Waals surface area contributed by atoms with E-state index in [0.717, 1.165) is 6.07 Å². The number of sulfonamides is 1. The number of nitrogens with zero attached hydrogens (tertiary/aromatic N) is 1. The van der Waals surface area contributed by atoms with Crippen LogP contribution in [-0.4, -0.2) is 31.1 Å². The molecule has 1 saturated heterocycles. The van der Waals surface area contributed by atoms with Gasteiger partial charge >= 0.3 is 0 Å². The molecule has 1 fully saturated rings. The van der Waals surface area contributed by atoms with Gasteiger partial charge in [0.25, 0.3) is 0 Å². The summed E-state index contributed by atoms with van der Waals surface area (Å²) in [6.07, 6.45) is 0.799. The maximum absolute atomic E-state index is 13.1. The molecule has 19 heavy (non-hydrogen) atoms. The van der Waals surface area contributed by atoms with Crippen LogP contribution in [0.4, 0.5) is 4.39 Å². The first kappa shape index (κ1) is 14.4. The Hall–Kier alpha value is -0.980. The molecule has 1 aliphatic rings. The number of hydrogen-bond acceptors (Lipinski definition) is 3. The second-order valence-electron chi connectivity index (χ2n) is 4.44. The Morgan fingerprint density at radius 3 is 2.47 bits per heavy atom. The second-order valence-corrected chi connectivity index (χ2v) is 6.75. The van der Waals surface area contributed by atoms with E-state index >= 15 is 0 Å². The molecule has 7 heteroatoms. The lowest BCUT2D eigenvalue weighted by Crippen LogP contribution is -2.39. The summed E-state index contributed by atoms with van der Waals surface area (Å²) in [7, 11) is -3.69. The predicted octanol–water partition coefficient (Wildman–Crippen LogP) is 1.99. The fourth-order valence-corrected chi connectivity index (χ4v) is 3.82. The Kier molecular flexibility index (Phi) is 4.23. The van der Waals surface area contributed by atoms with Crippen LogP contribution in [0.1, 0.15) is 12.8 Å². The van der Waals surface area contributed by atoms with Crippen LogP contribution in [0, 0.1) is 11.7 Å². The van der Waals surface area contributed by atoms with Gasteiger partial charge in [0.15, 0.2) is 0 Å². The largest absolute Gasteiger partial charge is 0.281 e. The van der Waals surface area contributed by atoms with Crippen molar-refractivity contribution < 1.29 is 17.6 Å². The summed E-state index contributed by atoms with van der Waals surface area (Å²) in [6, 6.07) is 4.90. The van der Waals surface area contributed by atoms with Crippen LogP contribution < -0.4 is 0 Å². The molecule has 0 amide bonds. The quantitative estimate of drug-likeness (QED) is 0.803. The average Bonchev–Trinajstić information content (AvgIpc) is 2.39. The number of piperidine rings is 1. The van der Waals surface area contributed by atoms with Crippen LogP contribution in [0.5, 0.6) is 0 Å². The number of rotatable bonds is 3. The van der Waals surface area contributed by atoms with Gasteiger partial charge in [-0.1, -0.05) is 6.07 Å². The van der Waals surface area contributed by atoms with Gasteiger partial charge in [0.2, 0.25) is 15.3 Å². The Bertz CT molecular complexity index is 582. The number of benzene rings is 1. The van der Waals surface area contributed by atoms with E-state index in [1.807, 2.05) is 0 Å². The topological polar surface area (TPSA) is 54.5 Å². The van der Waals surface area contributed by atoms with Crippen molar-refractivity contribution in [2.75, 3.05) is 13.1 Å². The highest BCUT2D eigenvalue weighted by Crippen LogP contribution is 2.25. The molecule has 0 bridgehead atoms. The smallest absolute Gasteiger partial charge is 0.243 e. The molecule has 104 valence electrons. The van der Waals surface area contributed by atoms with Gasteiger partial charge in [0.1, 0.15) is 5.82 Å². The summed E-state index contributed by atoms with van der Waals surface area (Å²) in [5.41, 5.74) is 0. The highest BCUT2D eigenvalue weighted by atomic mass is 35.5. The van der Waals surface area contributed by atoms with Crippen molar-refractivity contribution in [2.24, 2.45) is 5.92 Å². The lowest BCUT2D eigenvalue weighted by atomic mass is 10.00. The van der Waals surface area contributed by atoms with Crippen LogP contribution in [0.3, 0.4) is 0 Å².